The van der Waals surface area contributed by atoms with Crippen LogP contribution in [0.2, 0.25) is 0 Å². The second kappa shape index (κ2) is 11.6. The Kier molecular flexibility index (Phi) is 10.1. The van der Waals surface area contributed by atoms with Gasteiger partial charge in [0.15, 0.2) is 0 Å². The van der Waals surface area contributed by atoms with Crippen LogP contribution in [0, 0.1) is 0 Å². The van der Waals surface area contributed by atoms with E-state index in [2.05, 4.69) is 27.7 Å². The minimum Gasteiger partial charge on any atom is -0.238 e. The van der Waals surface area contributed by atoms with E-state index >= 15 is 0 Å². The summed E-state index contributed by atoms with van der Waals surface area (Å²) < 4.78 is 0. The largest absolute Gasteiger partial charge is 0.238 e. The van der Waals surface area contributed by atoms with Crippen molar-refractivity contribution in [3.63, 3.8) is 0 Å². The van der Waals surface area contributed by atoms with Gasteiger partial charge in [0.05, 0.1) is 0 Å². The lowest BCUT2D eigenvalue weighted by molar-refractivity contribution is 0.672. The molecule has 0 unspecified atom stereocenters. The van der Waals surface area contributed by atoms with Crippen molar-refractivity contribution in [3.8, 4) is 0 Å². The Morgan fingerprint density at radius 1 is 0.545 bits per heavy atom. The quantitative estimate of drug-likeness (QED) is 0.484. The van der Waals surface area contributed by atoms with E-state index in [1.165, 1.54) is 74.7 Å². The van der Waals surface area contributed by atoms with Crippen molar-refractivity contribution in [2.45, 2.75) is 105 Å². The topological polar surface area (TPSA) is 25.8 Å². The lowest BCUT2D eigenvalue weighted by atomic mass is 9.98. The summed E-state index contributed by atoms with van der Waals surface area (Å²) in [6.07, 6.45) is 14.4. The Balaban J connectivity index is 3.07. The van der Waals surface area contributed by atoms with Crippen molar-refractivity contribution in [1.82, 2.24) is 9.97 Å². The normalized spacial score (nSPS) is 11.1. The zero-order chi connectivity index (χ0) is 16.2. The summed E-state index contributed by atoms with van der Waals surface area (Å²) in [5.74, 6) is 1.10. The molecule has 0 atom stereocenters. The highest BCUT2D eigenvalue weighted by Crippen LogP contribution is 2.20. The van der Waals surface area contributed by atoms with E-state index < -0.39 is 0 Å². The Morgan fingerprint density at radius 2 is 0.955 bits per heavy atom. The molecule has 1 rings (SSSR count). The van der Waals surface area contributed by atoms with E-state index in [4.69, 9.17) is 9.97 Å². The Labute approximate surface area is 138 Å². The van der Waals surface area contributed by atoms with Crippen molar-refractivity contribution in [2.75, 3.05) is 0 Å². The third-order valence-corrected chi connectivity index (χ3v) is 4.29. The average molecular weight is 305 g/mol. The molecule has 0 saturated heterocycles. The van der Waals surface area contributed by atoms with Gasteiger partial charge in [-0.25, -0.2) is 9.97 Å². The van der Waals surface area contributed by atoms with E-state index in [1.807, 2.05) is 0 Å². The van der Waals surface area contributed by atoms with Crippen LogP contribution >= 0.6 is 0 Å². The van der Waals surface area contributed by atoms with Crippen LogP contribution in [0.25, 0.3) is 0 Å². The van der Waals surface area contributed by atoms with Gasteiger partial charge >= 0.3 is 0 Å². The molecule has 2 nitrogen and oxygen atoms in total. The first-order valence-electron chi connectivity index (χ1n) is 9.64. The number of nitrogens with zero attached hydrogens (tertiary/aromatic N) is 2. The second-order valence-corrected chi connectivity index (χ2v) is 6.43. The number of hydrogen-bond donors (Lipinski definition) is 0. The maximum atomic E-state index is 4.96. The number of hydrogen-bond acceptors (Lipinski definition) is 2. The molecular weight excluding hydrogens is 268 g/mol. The molecule has 0 radical (unpaired) electrons. The smallest absolute Gasteiger partial charge is 0.128 e. The summed E-state index contributed by atoms with van der Waals surface area (Å²) in [6, 6.07) is 0. The van der Waals surface area contributed by atoms with Gasteiger partial charge in [-0.3, -0.25) is 0 Å². The zero-order valence-electron chi connectivity index (χ0n) is 15.4. The second-order valence-electron chi connectivity index (χ2n) is 6.43. The summed E-state index contributed by atoms with van der Waals surface area (Å²) in [5.41, 5.74) is 4.22. The molecule has 0 aliphatic heterocycles. The van der Waals surface area contributed by atoms with Crippen molar-refractivity contribution in [1.29, 1.82) is 0 Å². The van der Waals surface area contributed by atoms with Crippen LogP contribution in [0.15, 0.2) is 0 Å². The van der Waals surface area contributed by atoms with Crippen molar-refractivity contribution in [2.24, 2.45) is 0 Å². The fourth-order valence-electron chi connectivity index (χ4n) is 2.83. The Bertz CT molecular complexity index is 383. The van der Waals surface area contributed by atoms with Gasteiger partial charge in [0, 0.05) is 17.8 Å². The Hall–Kier alpha value is -0.920. The molecule has 0 spiro atoms. The third kappa shape index (κ3) is 6.46. The Morgan fingerprint density at radius 3 is 1.41 bits per heavy atom. The molecular formula is C20H36N2. The van der Waals surface area contributed by atoms with Crippen LogP contribution in [0.5, 0.6) is 0 Å². The molecule has 0 saturated carbocycles. The molecule has 1 aromatic rings. The highest BCUT2D eigenvalue weighted by atomic mass is 14.9. The highest BCUT2D eigenvalue weighted by molar-refractivity contribution is 5.27. The highest BCUT2D eigenvalue weighted by Gasteiger charge is 2.13. The molecule has 1 heterocycles. The average Bonchev–Trinajstić information content (AvgIpc) is 2.54. The third-order valence-electron chi connectivity index (χ3n) is 4.29. The van der Waals surface area contributed by atoms with Crippen molar-refractivity contribution in [3.05, 3.63) is 22.8 Å². The van der Waals surface area contributed by atoms with E-state index in [1.54, 1.807) is 0 Å². The molecule has 0 aliphatic rings. The van der Waals surface area contributed by atoms with Crippen molar-refractivity contribution < 1.29 is 0 Å². The molecule has 0 fully saturated rings. The van der Waals surface area contributed by atoms with Gasteiger partial charge in [0.2, 0.25) is 0 Å². The molecule has 0 N–H and O–H groups in total. The summed E-state index contributed by atoms with van der Waals surface area (Å²) in [5, 5.41) is 0. The van der Waals surface area contributed by atoms with Crippen LogP contribution < -0.4 is 0 Å². The lowest BCUT2D eigenvalue weighted by Gasteiger charge is -2.15. The molecule has 1 aromatic heterocycles. The number of aryl methyl sites for hydroxylation is 3. The van der Waals surface area contributed by atoms with Gasteiger partial charge < -0.3 is 0 Å². The van der Waals surface area contributed by atoms with Gasteiger partial charge in [-0.15, -0.1) is 0 Å². The maximum absolute atomic E-state index is 4.96. The number of aromatic nitrogens is 2. The van der Waals surface area contributed by atoms with Gasteiger partial charge in [0.1, 0.15) is 5.82 Å². The fourth-order valence-corrected chi connectivity index (χ4v) is 2.83. The van der Waals surface area contributed by atoms with Gasteiger partial charge in [-0.2, -0.15) is 0 Å². The van der Waals surface area contributed by atoms with Crippen LogP contribution in [0.4, 0.5) is 0 Å². The first-order valence-corrected chi connectivity index (χ1v) is 9.64. The van der Waals surface area contributed by atoms with E-state index in [-0.39, 0.29) is 0 Å². The van der Waals surface area contributed by atoms with Crippen LogP contribution in [0.3, 0.4) is 0 Å². The number of unbranched alkanes of at least 4 members (excludes halogenated alkanes) is 4. The van der Waals surface area contributed by atoms with Crippen LogP contribution in [0.1, 0.15) is 102 Å². The van der Waals surface area contributed by atoms with Crippen molar-refractivity contribution >= 4 is 0 Å². The first-order chi connectivity index (χ1) is 10.8. The molecule has 2 heteroatoms. The number of rotatable bonds is 12. The predicted octanol–water partition coefficient (Wildman–Crippen LogP) is 5.85. The van der Waals surface area contributed by atoms with E-state index in [0.717, 1.165) is 25.1 Å². The molecule has 0 bridgehead atoms. The summed E-state index contributed by atoms with van der Waals surface area (Å²) >= 11 is 0. The minimum atomic E-state index is 1.04. The molecule has 126 valence electrons. The van der Waals surface area contributed by atoms with Gasteiger partial charge in [-0.05, 0) is 50.5 Å². The molecule has 0 aromatic carbocycles. The summed E-state index contributed by atoms with van der Waals surface area (Å²) in [6.45, 7) is 9.05. The monoisotopic (exact) mass is 304 g/mol. The first kappa shape index (κ1) is 19.1. The summed E-state index contributed by atoms with van der Waals surface area (Å²) in [7, 11) is 0. The lowest BCUT2D eigenvalue weighted by Crippen LogP contribution is -2.11. The summed E-state index contributed by atoms with van der Waals surface area (Å²) in [4.78, 5) is 9.92. The van der Waals surface area contributed by atoms with Gasteiger partial charge in [0.25, 0.3) is 0 Å². The standard InChI is InChI=1S/C20H36N2/c1-5-9-13-17-18(14-10-6-2)21-20(16-12-8-4)22-19(17)15-11-7-3/h5-16H2,1-4H3. The zero-order valence-corrected chi connectivity index (χ0v) is 15.4. The van der Waals surface area contributed by atoms with Crippen LogP contribution in [-0.4, -0.2) is 9.97 Å². The van der Waals surface area contributed by atoms with E-state index in [0.29, 0.717) is 0 Å². The van der Waals surface area contributed by atoms with E-state index in [9.17, 15) is 0 Å². The molecule has 22 heavy (non-hydrogen) atoms. The van der Waals surface area contributed by atoms with Gasteiger partial charge in [-0.1, -0.05) is 53.4 Å². The maximum Gasteiger partial charge on any atom is 0.128 e. The molecule has 0 aliphatic carbocycles. The van der Waals surface area contributed by atoms with Crippen LogP contribution in [-0.2, 0) is 25.7 Å². The minimum absolute atomic E-state index is 1.04. The molecule has 0 amide bonds. The fraction of sp³-hybridized carbons (Fsp3) is 0.800. The SMILES string of the molecule is CCCCc1nc(CCCC)c(CCCC)c(CCCC)n1. The predicted molar refractivity (Wildman–Crippen MR) is 96.5 cm³/mol.